The van der Waals surface area contributed by atoms with Crippen LogP contribution in [0.1, 0.15) is 162 Å². The van der Waals surface area contributed by atoms with Gasteiger partial charge in [0.05, 0.1) is 19.6 Å². The predicted molar refractivity (Wildman–Crippen MR) is 340 cm³/mol. The Morgan fingerprint density at radius 1 is 0.357 bits per heavy atom. The fourth-order valence-electron chi connectivity index (χ4n) is 12.5. The molecule has 0 heterocycles. The summed E-state index contributed by atoms with van der Waals surface area (Å²) < 4.78 is 81.1. The van der Waals surface area contributed by atoms with Gasteiger partial charge >= 0.3 is 0 Å². The zero-order valence-corrected chi connectivity index (χ0v) is 52.5. The second-order valence-electron chi connectivity index (χ2n) is 23.9. The minimum atomic E-state index is -3.84. The van der Waals surface area contributed by atoms with E-state index in [1.807, 2.05) is 84.9 Å². The molecular formula is C74H84O8S2. The van der Waals surface area contributed by atoms with Crippen LogP contribution >= 0.6 is 0 Å². The van der Waals surface area contributed by atoms with Crippen LogP contribution in [-0.4, -0.2) is 28.0 Å². The molecule has 8 nitrogen and oxygen atoms in total. The summed E-state index contributed by atoms with van der Waals surface area (Å²) in [4.78, 5) is 0.898. The van der Waals surface area contributed by atoms with E-state index in [9.17, 15) is 16.8 Å². The highest BCUT2D eigenvalue weighted by Crippen LogP contribution is 2.48. The smallest absolute Gasteiger partial charge is 0.206 e. The molecule has 1 fully saturated rings. The summed E-state index contributed by atoms with van der Waals surface area (Å²) >= 11 is 0. The van der Waals surface area contributed by atoms with Crippen LogP contribution in [0.25, 0.3) is 11.1 Å². The molecule has 9 rings (SSSR count). The van der Waals surface area contributed by atoms with Crippen molar-refractivity contribution in [1.82, 2.24) is 0 Å². The predicted octanol–water partition coefficient (Wildman–Crippen LogP) is 19.8. The van der Waals surface area contributed by atoms with Crippen molar-refractivity contribution in [2.24, 2.45) is 0 Å². The van der Waals surface area contributed by atoms with Crippen molar-refractivity contribution in [1.29, 1.82) is 0 Å². The molecule has 1 atom stereocenters. The number of hydrogen-bond acceptors (Lipinski definition) is 8. The van der Waals surface area contributed by atoms with Crippen molar-refractivity contribution in [2.45, 2.75) is 187 Å². The molecule has 0 saturated heterocycles. The fourth-order valence-corrected chi connectivity index (χ4v) is 15.0. The third-order valence-electron chi connectivity index (χ3n) is 18.9. The summed E-state index contributed by atoms with van der Waals surface area (Å²) in [6.07, 6.45) is 10.9. The van der Waals surface area contributed by atoms with Gasteiger partial charge in [-0.05, 0) is 232 Å². The molecule has 1 saturated carbocycles. The molecule has 440 valence electrons. The van der Waals surface area contributed by atoms with E-state index in [2.05, 4.69) is 106 Å². The average Bonchev–Trinajstić information content (AvgIpc) is 1.50. The summed E-state index contributed by atoms with van der Waals surface area (Å²) in [7, 11) is -7.54. The van der Waals surface area contributed by atoms with Crippen LogP contribution in [0.2, 0.25) is 0 Å². The van der Waals surface area contributed by atoms with Gasteiger partial charge in [0.1, 0.15) is 45.7 Å². The topological polar surface area (TPSA) is 105 Å². The van der Waals surface area contributed by atoms with Gasteiger partial charge in [-0.2, -0.15) is 0 Å². The molecule has 0 radical (unpaired) electrons. The van der Waals surface area contributed by atoms with E-state index in [0.29, 0.717) is 29.4 Å². The third-order valence-corrected chi connectivity index (χ3v) is 22.5. The van der Waals surface area contributed by atoms with E-state index >= 15 is 0 Å². The number of ether oxygens (including phenoxy) is 4. The lowest BCUT2D eigenvalue weighted by atomic mass is 9.63. The molecule has 8 aromatic rings. The SMILES string of the molecule is CCC(C)(C)Oc1ccc(C2(c3ccc(Oc4ccc(S(=O)(=O)c5ccc(C(CC)(CC)C(C)(CC)Oc6ccc(-c7ccc(Oc8ccc(S(=O)(=O)c9ccc(C(C)(CC)CC)cc9)cc8)cc7)cc6)cc5)cc4)cc3)CCCCC2)cc1. The number of benzene rings is 8. The van der Waals surface area contributed by atoms with Gasteiger partial charge in [0.2, 0.25) is 19.7 Å². The van der Waals surface area contributed by atoms with Gasteiger partial charge in [0.15, 0.2) is 0 Å². The van der Waals surface area contributed by atoms with Gasteiger partial charge in [-0.25, -0.2) is 16.8 Å². The van der Waals surface area contributed by atoms with Crippen LogP contribution in [0.15, 0.2) is 214 Å². The quantitative estimate of drug-likeness (QED) is 0.0589. The monoisotopic (exact) mass is 1160 g/mol. The first-order chi connectivity index (χ1) is 40.2. The zero-order valence-electron chi connectivity index (χ0n) is 50.8. The normalized spacial score (nSPS) is 14.7. The second-order valence-corrected chi connectivity index (χ2v) is 27.8. The maximum atomic E-state index is 14.2. The summed E-state index contributed by atoms with van der Waals surface area (Å²) in [5.74, 6) is 4.04. The Hall–Kier alpha value is -7.14. The van der Waals surface area contributed by atoms with E-state index in [1.54, 1.807) is 72.8 Å². The van der Waals surface area contributed by atoms with Crippen LogP contribution in [0.5, 0.6) is 34.5 Å². The van der Waals surface area contributed by atoms with Crippen LogP contribution < -0.4 is 18.9 Å². The highest BCUT2D eigenvalue weighted by molar-refractivity contribution is 7.91. The Kier molecular flexibility index (Phi) is 18.4. The molecule has 84 heavy (non-hydrogen) atoms. The van der Waals surface area contributed by atoms with E-state index in [1.165, 1.54) is 30.4 Å². The first kappa shape index (κ1) is 61.4. The molecule has 1 unspecified atom stereocenters. The van der Waals surface area contributed by atoms with E-state index in [0.717, 1.165) is 78.7 Å². The van der Waals surface area contributed by atoms with Crippen molar-refractivity contribution in [3.05, 3.63) is 216 Å². The van der Waals surface area contributed by atoms with Gasteiger partial charge in [0.25, 0.3) is 0 Å². The average molecular weight is 1170 g/mol. The lowest BCUT2D eigenvalue weighted by Crippen LogP contribution is -2.52. The van der Waals surface area contributed by atoms with Crippen molar-refractivity contribution < 1.29 is 35.8 Å². The highest BCUT2D eigenvalue weighted by Gasteiger charge is 2.48. The maximum Gasteiger partial charge on any atom is 0.206 e. The Bertz CT molecular complexity index is 3670. The van der Waals surface area contributed by atoms with Crippen LogP contribution in [-0.2, 0) is 35.9 Å². The lowest BCUT2D eigenvalue weighted by Gasteiger charge is -2.48. The second kappa shape index (κ2) is 25.2. The Morgan fingerprint density at radius 3 is 1.06 bits per heavy atom. The third kappa shape index (κ3) is 12.6. The number of sulfone groups is 2. The Balaban J connectivity index is 0.821. The van der Waals surface area contributed by atoms with Crippen molar-refractivity contribution >= 4 is 19.7 Å². The van der Waals surface area contributed by atoms with Gasteiger partial charge in [-0.15, -0.1) is 0 Å². The summed E-state index contributed by atoms with van der Waals surface area (Å²) in [6.45, 7) is 21.6. The van der Waals surface area contributed by atoms with Gasteiger partial charge < -0.3 is 18.9 Å². The fraction of sp³-hybridized carbons (Fsp3) is 0.351. The number of hydrogen-bond donors (Lipinski definition) is 0. The van der Waals surface area contributed by atoms with Crippen LogP contribution in [0, 0.1) is 0 Å². The molecule has 0 bridgehead atoms. The largest absolute Gasteiger partial charge is 0.488 e. The van der Waals surface area contributed by atoms with Gasteiger partial charge in [0, 0.05) is 10.8 Å². The van der Waals surface area contributed by atoms with Crippen molar-refractivity contribution in [2.75, 3.05) is 0 Å². The first-order valence-corrected chi connectivity index (χ1v) is 33.2. The molecule has 1 aliphatic carbocycles. The van der Waals surface area contributed by atoms with Gasteiger partial charge in [-0.3, -0.25) is 0 Å². The standard InChI is InChI=1S/C74H84O8S2/c1-11-70(7,8)81-64-38-26-58(27-39-64)73(52-18-17-19-53-73)57-24-36-61(37-25-57)80-63-42-50-69(51-43-63)84(77,78)67-46-30-59(31-47-67)74(15-5,16-6)72(10,14-4)82-65-34-22-55(23-35-65)54-20-32-60(33-21-54)79-62-40-48-68(49-41-62)83(75,76)66-44-28-56(29-45-66)71(9,12-2)13-3/h20-51H,11-19,52-53H2,1-10H3. The van der Waals surface area contributed by atoms with E-state index < -0.39 is 30.7 Å². The molecule has 0 N–H and O–H groups in total. The number of rotatable bonds is 24. The van der Waals surface area contributed by atoms with E-state index in [4.69, 9.17) is 18.9 Å². The molecule has 8 aromatic carbocycles. The highest BCUT2D eigenvalue weighted by atomic mass is 32.2. The molecule has 0 aliphatic heterocycles. The molecule has 0 aromatic heterocycles. The molecular weight excluding hydrogens is 1080 g/mol. The summed E-state index contributed by atoms with van der Waals surface area (Å²) in [6, 6.07) is 60.9. The Morgan fingerprint density at radius 2 is 0.690 bits per heavy atom. The summed E-state index contributed by atoms with van der Waals surface area (Å²) in [5.41, 5.74) is 5.38. The first-order valence-electron chi connectivity index (χ1n) is 30.3. The minimum Gasteiger partial charge on any atom is -0.488 e. The molecule has 1 aliphatic rings. The lowest BCUT2D eigenvalue weighted by molar-refractivity contribution is -0.00828. The van der Waals surface area contributed by atoms with E-state index in [-0.39, 0.29) is 36.0 Å². The van der Waals surface area contributed by atoms with Crippen molar-refractivity contribution in [3.63, 3.8) is 0 Å². The Labute approximate surface area is 501 Å². The van der Waals surface area contributed by atoms with Crippen LogP contribution in [0.4, 0.5) is 0 Å². The summed E-state index contributed by atoms with van der Waals surface area (Å²) in [5, 5.41) is 0. The minimum absolute atomic E-state index is 0.00809. The van der Waals surface area contributed by atoms with Crippen LogP contribution in [0.3, 0.4) is 0 Å². The van der Waals surface area contributed by atoms with Crippen molar-refractivity contribution in [3.8, 4) is 45.6 Å². The maximum absolute atomic E-state index is 14.2. The van der Waals surface area contributed by atoms with Gasteiger partial charge in [-0.1, -0.05) is 141 Å². The zero-order chi connectivity index (χ0) is 60.0. The molecule has 10 heteroatoms. The molecule has 0 amide bonds. The molecule has 0 spiro atoms.